The van der Waals surface area contributed by atoms with E-state index in [1.165, 1.54) is 39.6 Å². The van der Waals surface area contributed by atoms with Crippen molar-refractivity contribution in [1.29, 1.82) is 0 Å². The second-order valence-electron chi connectivity index (χ2n) is 19.4. The van der Waals surface area contributed by atoms with E-state index in [-0.39, 0.29) is 31.3 Å². The predicted molar refractivity (Wildman–Crippen MR) is 258 cm³/mol. The molecule has 325 valence electrons. The minimum atomic E-state index is -1.43. The van der Waals surface area contributed by atoms with E-state index in [0.29, 0.717) is 11.6 Å². The van der Waals surface area contributed by atoms with E-state index in [1.807, 2.05) is 19.2 Å². The van der Waals surface area contributed by atoms with Gasteiger partial charge in [-0.1, -0.05) is 101 Å². The van der Waals surface area contributed by atoms with Crippen LogP contribution in [0.3, 0.4) is 0 Å². The summed E-state index contributed by atoms with van der Waals surface area (Å²) in [5, 5.41) is 4.53. The zero-order chi connectivity index (χ0) is 44.4. The second-order valence-corrected chi connectivity index (χ2v) is 24.5. The Labute approximate surface area is 385 Å². The Hall–Kier alpha value is -5.34. The quantitative estimate of drug-likeness (QED) is 0.123. The van der Waals surface area contributed by atoms with Crippen LogP contribution in [0, 0.1) is 58.5 Å². The van der Waals surface area contributed by atoms with Crippen LogP contribution in [0.2, 0.25) is 19.6 Å². The Morgan fingerprint density at radius 2 is 1.49 bits per heavy atom. The minimum Gasteiger partial charge on any atom is -0.486 e. The molecule has 0 aliphatic rings. The van der Waals surface area contributed by atoms with Gasteiger partial charge in [0.2, 0.25) is 5.71 Å². The van der Waals surface area contributed by atoms with Crippen LogP contribution in [-0.2, 0) is 31.9 Å². The number of hydrogen-bond acceptors (Lipinski definition) is 5. The zero-order valence-corrected chi connectivity index (χ0v) is 42.1. The van der Waals surface area contributed by atoms with Gasteiger partial charge >= 0.3 is 0 Å². The number of fused-ring (bicyclic) bond motifs is 6. The molecule has 0 N–H and O–H groups in total. The van der Waals surface area contributed by atoms with Crippen LogP contribution < -0.4 is 5.19 Å². The van der Waals surface area contributed by atoms with Gasteiger partial charge in [0.1, 0.15) is 0 Å². The molecule has 0 aliphatic heterocycles. The van der Waals surface area contributed by atoms with Crippen molar-refractivity contribution in [3.05, 3.63) is 142 Å². The van der Waals surface area contributed by atoms with Crippen molar-refractivity contribution in [1.82, 2.24) is 24.5 Å². The maximum Gasteiger partial charge on any atom is 0.216 e. The molecule has 9 aromatic rings. The van der Waals surface area contributed by atoms with Gasteiger partial charge in [0.25, 0.3) is 0 Å². The van der Waals surface area contributed by atoms with Crippen molar-refractivity contribution in [2.45, 2.75) is 101 Å². The van der Waals surface area contributed by atoms with Crippen molar-refractivity contribution in [3.8, 4) is 28.3 Å². The van der Waals surface area contributed by atoms with Gasteiger partial charge in [-0.25, -0.2) is 9.37 Å². The topological polar surface area (TPSA) is 69.6 Å². The van der Waals surface area contributed by atoms with E-state index in [1.54, 1.807) is 6.07 Å². The van der Waals surface area contributed by atoms with Crippen molar-refractivity contribution < 1.29 is 28.9 Å². The second kappa shape index (κ2) is 17.3. The van der Waals surface area contributed by atoms with Gasteiger partial charge in [-0.05, 0) is 98.4 Å². The molecule has 0 amide bonds. The summed E-state index contributed by atoms with van der Waals surface area (Å²) in [5.41, 5.74) is 15.7. The fourth-order valence-electron chi connectivity index (χ4n) is 8.75. The summed E-state index contributed by atoms with van der Waals surface area (Å²) >= 11 is 0. The maximum absolute atomic E-state index is 13.4. The first kappa shape index (κ1) is 45.7. The molecule has 1 radical (unpaired) electrons. The zero-order valence-electron chi connectivity index (χ0n) is 38.7. The van der Waals surface area contributed by atoms with E-state index in [0.717, 1.165) is 90.0 Å². The number of pyridine rings is 3. The number of nitrogens with zero attached hydrogens (tertiary/aromatic N) is 5. The van der Waals surface area contributed by atoms with E-state index in [2.05, 4.69) is 158 Å². The summed E-state index contributed by atoms with van der Waals surface area (Å²) in [7, 11) is -1.43. The van der Waals surface area contributed by atoms with Crippen LogP contribution in [0.15, 0.2) is 89.5 Å². The van der Waals surface area contributed by atoms with Crippen molar-refractivity contribution >= 4 is 57.3 Å². The number of imidazole rings is 1. The van der Waals surface area contributed by atoms with Gasteiger partial charge in [-0.3, -0.25) is 9.97 Å². The summed E-state index contributed by atoms with van der Waals surface area (Å²) in [6.07, 6.45) is 3.03. The minimum absolute atomic E-state index is 0. The number of hydrogen-bond donors (Lipinski definition) is 0. The van der Waals surface area contributed by atoms with Crippen molar-refractivity contribution in [2.24, 2.45) is 5.92 Å². The number of halogens is 1. The maximum atomic E-state index is 13.4. The standard InChI is InChI=1S/C36H33N4O.C18H23FNSi.Ir/c1-19-17-21(3)31(22(4)18-19)40-32-24-12-10-23(5)37-27(24)14-15-28(32)38-34(40)26-11-9-20(2)30-25-13-16-29(36(6,7)8)39-35(25)41-33(26)30;1-13(2)9-15-11-17(14-7-6-8-16(19)10-14)20-12-18(15)21(3,4)5;/h9-10,12-18H,1-8H3;6,8,10-13H,9H2,1-5H3;/q2*-1;. The Morgan fingerprint density at radius 3 is 2.16 bits per heavy atom. The van der Waals surface area contributed by atoms with Crippen molar-refractivity contribution in [3.63, 3.8) is 0 Å². The largest absolute Gasteiger partial charge is 0.486 e. The molecule has 0 saturated heterocycles. The Balaban J connectivity index is 0.000000229. The molecule has 0 bridgehead atoms. The average Bonchev–Trinajstić information content (AvgIpc) is 3.76. The monoisotopic (exact) mass is 1030 g/mol. The third-order valence-electron chi connectivity index (χ3n) is 11.5. The molecule has 0 unspecified atom stereocenters. The van der Waals surface area contributed by atoms with Gasteiger partial charge < -0.3 is 14.0 Å². The summed E-state index contributed by atoms with van der Waals surface area (Å²) in [6, 6.07) is 32.4. The smallest absolute Gasteiger partial charge is 0.216 e. The molecule has 0 saturated carbocycles. The number of aromatic nitrogens is 5. The molecule has 0 spiro atoms. The summed E-state index contributed by atoms with van der Waals surface area (Å²) in [5.74, 6) is 1.14. The molecule has 5 aromatic heterocycles. The Bertz CT molecular complexity index is 3160. The molecular formula is C54H56FIrN5OSi-2. The molecule has 0 aliphatic carbocycles. The summed E-state index contributed by atoms with van der Waals surface area (Å²) in [4.78, 5) is 19.6. The van der Waals surface area contributed by atoms with Crippen LogP contribution in [-0.4, -0.2) is 32.6 Å². The fraction of sp³-hybridized carbons (Fsp3) is 0.296. The first-order valence-corrected chi connectivity index (χ1v) is 25.1. The van der Waals surface area contributed by atoms with Gasteiger partial charge in [0.05, 0.1) is 36.0 Å². The molecule has 63 heavy (non-hydrogen) atoms. The van der Waals surface area contributed by atoms with Crippen LogP contribution in [0.4, 0.5) is 4.39 Å². The number of aryl methyl sites for hydroxylation is 5. The van der Waals surface area contributed by atoms with Crippen LogP contribution in [0.5, 0.6) is 0 Å². The molecular weight excluding hydrogens is 974 g/mol. The first-order chi connectivity index (χ1) is 29.3. The molecule has 6 nitrogen and oxygen atoms in total. The average molecular weight is 1030 g/mol. The first-order valence-electron chi connectivity index (χ1n) is 21.6. The molecule has 9 heteroatoms. The van der Waals surface area contributed by atoms with Gasteiger partial charge in [0.15, 0.2) is 0 Å². The van der Waals surface area contributed by atoms with E-state index < -0.39 is 8.07 Å². The summed E-state index contributed by atoms with van der Waals surface area (Å²) < 4.78 is 22.3. The van der Waals surface area contributed by atoms with Gasteiger partial charge in [-0.2, -0.15) is 0 Å². The SMILES string of the molecule is CC(C)Cc1cc(-c2[c-]ccc(F)c2)ncc1[Si](C)(C)C.Cc1cc(C)c(-n2c(-c3[c-]cc(C)c4c3oc3nc(C(C)(C)C)ccc34)nc3ccc4nc(C)ccc4c32)c(C)c1.[Ir]. The molecule has 4 aromatic carbocycles. The normalized spacial score (nSPS) is 12.0. The van der Waals surface area contributed by atoms with Gasteiger partial charge in [-0.15, -0.1) is 47.5 Å². The Morgan fingerprint density at radius 1 is 0.794 bits per heavy atom. The fourth-order valence-corrected chi connectivity index (χ4v) is 10.3. The van der Waals surface area contributed by atoms with E-state index >= 15 is 0 Å². The number of rotatable bonds is 6. The van der Waals surface area contributed by atoms with E-state index in [9.17, 15) is 4.39 Å². The third kappa shape index (κ3) is 8.93. The Kier molecular flexibility index (Phi) is 12.6. The van der Waals surface area contributed by atoms with Crippen LogP contribution >= 0.6 is 0 Å². The van der Waals surface area contributed by atoms with Crippen molar-refractivity contribution in [2.75, 3.05) is 0 Å². The molecule has 0 atom stereocenters. The molecule has 0 fully saturated rings. The molecule has 5 heterocycles. The van der Waals surface area contributed by atoms with Gasteiger partial charge in [0, 0.05) is 65.4 Å². The number of furan rings is 1. The van der Waals surface area contributed by atoms with Crippen LogP contribution in [0.1, 0.15) is 73.8 Å². The number of benzene rings is 4. The summed E-state index contributed by atoms with van der Waals surface area (Å²) in [6.45, 7) is 28.6. The van der Waals surface area contributed by atoms with Crippen LogP contribution in [0.25, 0.3) is 72.3 Å². The third-order valence-corrected chi connectivity index (χ3v) is 13.6. The van der Waals surface area contributed by atoms with E-state index in [4.69, 9.17) is 19.4 Å². The predicted octanol–water partition coefficient (Wildman–Crippen LogP) is 13.6. The molecule has 9 rings (SSSR count).